The molecule has 0 saturated heterocycles. The summed E-state index contributed by atoms with van der Waals surface area (Å²) < 4.78 is 2.73. The van der Waals surface area contributed by atoms with E-state index in [0.29, 0.717) is 0 Å². The van der Waals surface area contributed by atoms with Gasteiger partial charge in [-0.1, -0.05) is 43.2 Å². The van der Waals surface area contributed by atoms with Gasteiger partial charge in [-0.05, 0) is 77.9 Å². The van der Waals surface area contributed by atoms with E-state index in [1.165, 1.54) is 47.3 Å². The van der Waals surface area contributed by atoms with E-state index in [0.717, 1.165) is 12.8 Å². The molecule has 1 aromatic heterocycles. The first-order chi connectivity index (χ1) is 11.3. The number of benzene rings is 1. The van der Waals surface area contributed by atoms with E-state index < -0.39 is 0 Å². The van der Waals surface area contributed by atoms with Crippen molar-refractivity contribution >= 4 is 42.9 Å². The quantitative estimate of drug-likeness (QED) is 0.490. The maximum Gasteiger partial charge on any atom is 0.0365 e. The lowest BCUT2D eigenvalue weighted by atomic mass is 9.73. The third kappa shape index (κ3) is 2.16. The van der Waals surface area contributed by atoms with Gasteiger partial charge in [-0.3, -0.25) is 0 Å². The second-order valence-electron chi connectivity index (χ2n) is 7.65. The van der Waals surface area contributed by atoms with Gasteiger partial charge in [0.1, 0.15) is 0 Å². The van der Waals surface area contributed by atoms with Crippen molar-refractivity contribution in [1.82, 2.24) is 0 Å². The predicted molar refractivity (Wildman–Crippen MR) is 111 cm³/mol. The molecule has 124 valence electrons. The van der Waals surface area contributed by atoms with Gasteiger partial charge in [0.25, 0.3) is 0 Å². The molecule has 24 heavy (non-hydrogen) atoms. The van der Waals surface area contributed by atoms with Gasteiger partial charge in [0.05, 0.1) is 0 Å². The largest absolute Gasteiger partial charge is 0.140 e. The van der Waals surface area contributed by atoms with Crippen LogP contribution >= 0.6 is 27.3 Å². The molecule has 4 rings (SSSR count). The third-order valence-electron chi connectivity index (χ3n) is 5.83. The molecule has 0 saturated carbocycles. The molecule has 2 aromatic rings. The van der Waals surface area contributed by atoms with Crippen LogP contribution in [-0.2, 0) is 6.42 Å². The van der Waals surface area contributed by atoms with E-state index in [4.69, 9.17) is 0 Å². The van der Waals surface area contributed by atoms with Gasteiger partial charge in [-0.2, -0.15) is 0 Å². The van der Waals surface area contributed by atoms with Crippen LogP contribution in [0.25, 0.3) is 15.7 Å². The molecule has 0 unspecified atom stereocenters. The summed E-state index contributed by atoms with van der Waals surface area (Å²) in [6.45, 7) is 11.6. The van der Waals surface area contributed by atoms with Gasteiger partial charge >= 0.3 is 0 Å². The Hall–Kier alpha value is -1.12. The second-order valence-corrected chi connectivity index (χ2v) is 9.70. The molecule has 0 amide bonds. The van der Waals surface area contributed by atoms with Crippen molar-refractivity contribution in [2.45, 2.75) is 47.5 Å². The molecule has 0 fully saturated rings. The average molecular weight is 399 g/mol. The van der Waals surface area contributed by atoms with Gasteiger partial charge in [-0.25, -0.2) is 0 Å². The van der Waals surface area contributed by atoms with Crippen molar-refractivity contribution in [3.05, 3.63) is 61.5 Å². The molecule has 0 spiro atoms. The molecule has 2 aliphatic carbocycles. The Bertz CT molecular complexity index is 964. The molecule has 0 radical (unpaired) electrons. The highest BCUT2D eigenvalue weighted by molar-refractivity contribution is 9.10. The van der Waals surface area contributed by atoms with Crippen molar-refractivity contribution in [1.29, 1.82) is 0 Å². The number of aryl methyl sites for hydroxylation is 2. The van der Waals surface area contributed by atoms with E-state index in [9.17, 15) is 0 Å². The van der Waals surface area contributed by atoms with Crippen LogP contribution in [0.15, 0.2) is 39.9 Å². The number of hydrogen-bond acceptors (Lipinski definition) is 1. The molecule has 0 atom stereocenters. The first-order valence-electron chi connectivity index (χ1n) is 8.60. The second kappa shape index (κ2) is 5.44. The first kappa shape index (κ1) is 16.4. The smallest absolute Gasteiger partial charge is 0.0365 e. The topological polar surface area (TPSA) is 0 Å². The molecule has 2 heteroatoms. The lowest BCUT2D eigenvalue weighted by molar-refractivity contribution is 0.590. The summed E-state index contributed by atoms with van der Waals surface area (Å²) in [7, 11) is 0. The molecule has 0 bridgehead atoms. The Morgan fingerprint density at radius 1 is 1.17 bits per heavy atom. The van der Waals surface area contributed by atoms with E-state index >= 15 is 0 Å². The minimum absolute atomic E-state index is 0.0906. The SMILES string of the molecule is CC1=C(C(C)(C)C2=CC=CC2)c2cc3sc(C)c(C)c3c(Br)c2C1. The molecule has 1 aromatic carbocycles. The molecule has 0 nitrogen and oxygen atoms in total. The Morgan fingerprint density at radius 3 is 2.58 bits per heavy atom. The summed E-state index contributed by atoms with van der Waals surface area (Å²) in [5.74, 6) is 0. The molecule has 1 heterocycles. The number of halogens is 1. The van der Waals surface area contributed by atoms with Crippen LogP contribution in [0, 0.1) is 19.3 Å². The van der Waals surface area contributed by atoms with Crippen molar-refractivity contribution in [2.75, 3.05) is 0 Å². The van der Waals surface area contributed by atoms with Gasteiger partial charge in [0, 0.05) is 24.9 Å². The monoisotopic (exact) mass is 398 g/mol. The highest BCUT2D eigenvalue weighted by Gasteiger charge is 2.36. The average Bonchev–Trinajstić information content (AvgIpc) is 3.19. The normalized spacial score (nSPS) is 17.2. The summed E-state index contributed by atoms with van der Waals surface area (Å²) in [6, 6.07) is 2.45. The maximum atomic E-state index is 3.96. The minimum Gasteiger partial charge on any atom is -0.140 e. The number of rotatable bonds is 2. The summed E-state index contributed by atoms with van der Waals surface area (Å²) in [4.78, 5) is 1.43. The van der Waals surface area contributed by atoms with Crippen molar-refractivity contribution in [3.8, 4) is 0 Å². The molecule has 0 N–H and O–H groups in total. The van der Waals surface area contributed by atoms with Gasteiger partial charge in [0.15, 0.2) is 0 Å². The zero-order chi connectivity index (χ0) is 17.2. The Morgan fingerprint density at radius 2 is 1.92 bits per heavy atom. The fourth-order valence-corrected chi connectivity index (χ4v) is 6.55. The Labute approximate surface area is 157 Å². The van der Waals surface area contributed by atoms with Crippen molar-refractivity contribution in [2.24, 2.45) is 5.41 Å². The lowest BCUT2D eigenvalue weighted by Gasteiger charge is -2.30. The van der Waals surface area contributed by atoms with E-state index in [1.54, 1.807) is 5.57 Å². The number of fused-ring (bicyclic) bond motifs is 2. The highest BCUT2D eigenvalue weighted by Crippen LogP contribution is 2.53. The number of thiophene rings is 1. The van der Waals surface area contributed by atoms with Crippen LogP contribution in [0.4, 0.5) is 0 Å². The molecule has 0 aliphatic heterocycles. The molecular weight excluding hydrogens is 376 g/mol. The first-order valence-corrected chi connectivity index (χ1v) is 10.2. The third-order valence-corrected chi connectivity index (χ3v) is 7.86. The predicted octanol–water partition coefficient (Wildman–Crippen LogP) is 7.52. The van der Waals surface area contributed by atoms with Crippen LogP contribution in [-0.4, -0.2) is 0 Å². The fraction of sp³-hybridized carbons (Fsp3) is 0.364. The summed E-state index contributed by atoms with van der Waals surface area (Å²) >= 11 is 5.88. The summed E-state index contributed by atoms with van der Waals surface area (Å²) in [6.07, 6.45) is 8.94. The van der Waals surface area contributed by atoms with E-state index in [-0.39, 0.29) is 5.41 Å². The maximum absolute atomic E-state index is 3.96. The Kier molecular flexibility index (Phi) is 3.71. The van der Waals surface area contributed by atoms with Crippen LogP contribution in [0.3, 0.4) is 0 Å². The van der Waals surface area contributed by atoms with E-state index in [1.807, 2.05) is 11.3 Å². The van der Waals surface area contributed by atoms with Crippen LogP contribution in [0.1, 0.15) is 48.8 Å². The van der Waals surface area contributed by atoms with Gasteiger partial charge < -0.3 is 0 Å². The summed E-state index contributed by atoms with van der Waals surface area (Å²) in [5.41, 5.74) is 9.06. The number of allylic oxidation sites excluding steroid dienone is 6. The van der Waals surface area contributed by atoms with Crippen LogP contribution in [0.2, 0.25) is 0 Å². The van der Waals surface area contributed by atoms with Crippen LogP contribution in [0.5, 0.6) is 0 Å². The lowest BCUT2D eigenvalue weighted by Crippen LogP contribution is -2.16. The van der Waals surface area contributed by atoms with Crippen molar-refractivity contribution < 1.29 is 0 Å². The van der Waals surface area contributed by atoms with Gasteiger partial charge in [0.2, 0.25) is 0 Å². The highest BCUT2D eigenvalue weighted by atomic mass is 79.9. The minimum atomic E-state index is 0.0906. The Balaban J connectivity index is 1.95. The fourth-order valence-electron chi connectivity index (χ4n) is 4.44. The summed E-state index contributed by atoms with van der Waals surface area (Å²) in [5, 5.41) is 1.42. The standard InChI is InChI=1S/C22H23BrS/c1-12-10-17-16(20(12)22(4,5)15-8-6-7-9-15)11-18-19(21(17)23)13(2)14(3)24-18/h6-8,11H,9-10H2,1-5H3. The zero-order valence-electron chi connectivity index (χ0n) is 15.0. The molecular formula is C22H23BrS. The number of hydrogen-bond donors (Lipinski definition) is 0. The van der Waals surface area contributed by atoms with Crippen molar-refractivity contribution in [3.63, 3.8) is 0 Å². The van der Waals surface area contributed by atoms with Gasteiger partial charge in [-0.15, -0.1) is 11.3 Å². The van der Waals surface area contributed by atoms with E-state index in [2.05, 4.69) is 74.8 Å². The molecule has 2 aliphatic rings. The van der Waals surface area contributed by atoms with Crippen LogP contribution < -0.4 is 0 Å². The zero-order valence-corrected chi connectivity index (χ0v) is 17.4.